The third kappa shape index (κ3) is 3.07. The lowest BCUT2D eigenvalue weighted by atomic mass is 9.83. The van der Waals surface area contributed by atoms with Gasteiger partial charge in [0.25, 0.3) is 5.56 Å². The minimum atomic E-state index is -0.691. The number of hydrogen-bond donors (Lipinski definition) is 1. The summed E-state index contributed by atoms with van der Waals surface area (Å²) in [6, 6.07) is 9.18. The van der Waals surface area contributed by atoms with Crippen molar-refractivity contribution in [1.82, 2.24) is 4.57 Å². The normalized spacial score (nSPS) is 15.5. The monoisotopic (exact) mass is 381 g/mol. The Kier molecular flexibility index (Phi) is 5.32. The van der Waals surface area contributed by atoms with Gasteiger partial charge in [0.05, 0.1) is 25.7 Å². The molecule has 7 nitrogen and oxygen atoms in total. The van der Waals surface area contributed by atoms with E-state index in [4.69, 9.17) is 19.9 Å². The van der Waals surface area contributed by atoms with E-state index in [9.17, 15) is 10.1 Å². The molecule has 1 aliphatic rings. The molecular formula is C21H23N3O4. The van der Waals surface area contributed by atoms with Gasteiger partial charge in [0.2, 0.25) is 5.88 Å². The molecule has 1 aromatic carbocycles. The van der Waals surface area contributed by atoms with Crippen LogP contribution in [0.15, 0.2) is 40.5 Å². The van der Waals surface area contributed by atoms with Crippen LogP contribution in [-0.4, -0.2) is 18.8 Å². The Morgan fingerprint density at radius 1 is 1.29 bits per heavy atom. The van der Waals surface area contributed by atoms with Gasteiger partial charge < -0.3 is 24.5 Å². The first-order chi connectivity index (χ1) is 13.5. The van der Waals surface area contributed by atoms with Crippen LogP contribution in [-0.2, 0) is 13.5 Å². The zero-order valence-electron chi connectivity index (χ0n) is 16.4. The Balaban J connectivity index is 2.32. The predicted molar refractivity (Wildman–Crippen MR) is 105 cm³/mol. The number of aryl methyl sites for hydroxylation is 1. The lowest BCUT2D eigenvalue weighted by Gasteiger charge is -2.28. The zero-order chi connectivity index (χ0) is 20.4. The molecule has 0 radical (unpaired) electrons. The number of allylic oxidation sites excluding steroid dienone is 1. The van der Waals surface area contributed by atoms with Crippen LogP contribution in [0.25, 0.3) is 0 Å². The van der Waals surface area contributed by atoms with Gasteiger partial charge in [0, 0.05) is 30.4 Å². The predicted octanol–water partition coefficient (Wildman–Crippen LogP) is 2.57. The van der Waals surface area contributed by atoms with Gasteiger partial charge >= 0.3 is 0 Å². The van der Waals surface area contributed by atoms with E-state index in [0.29, 0.717) is 28.4 Å². The summed E-state index contributed by atoms with van der Waals surface area (Å²) in [5.41, 5.74) is 7.88. The van der Waals surface area contributed by atoms with Crippen LogP contribution in [0.3, 0.4) is 0 Å². The first-order valence-corrected chi connectivity index (χ1v) is 8.99. The van der Waals surface area contributed by atoms with E-state index in [1.165, 1.54) is 7.11 Å². The summed E-state index contributed by atoms with van der Waals surface area (Å²) in [5.74, 6) is 0.787. The molecule has 0 aliphatic carbocycles. The molecule has 2 N–H and O–H groups in total. The smallest absolute Gasteiger partial charge is 0.258 e. The molecule has 28 heavy (non-hydrogen) atoms. The van der Waals surface area contributed by atoms with E-state index in [1.807, 2.05) is 13.0 Å². The van der Waals surface area contributed by atoms with Crippen LogP contribution < -0.4 is 25.5 Å². The average molecular weight is 381 g/mol. The number of aromatic nitrogens is 1. The highest BCUT2D eigenvalue weighted by molar-refractivity contribution is 5.59. The van der Waals surface area contributed by atoms with E-state index in [0.717, 1.165) is 18.5 Å². The van der Waals surface area contributed by atoms with Gasteiger partial charge in [-0.15, -0.1) is 0 Å². The molecule has 0 fully saturated rings. The second-order valence-electron chi connectivity index (χ2n) is 6.56. The van der Waals surface area contributed by atoms with Gasteiger partial charge in [0.1, 0.15) is 28.9 Å². The minimum Gasteiger partial charge on any atom is -0.497 e. The van der Waals surface area contributed by atoms with Crippen molar-refractivity contribution in [2.75, 3.05) is 14.2 Å². The van der Waals surface area contributed by atoms with Gasteiger partial charge in [-0.05, 0) is 12.5 Å². The number of hydrogen-bond acceptors (Lipinski definition) is 6. The Morgan fingerprint density at radius 3 is 2.64 bits per heavy atom. The molecule has 0 amide bonds. The highest BCUT2D eigenvalue weighted by Crippen LogP contribution is 2.44. The molecule has 0 saturated carbocycles. The van der Waals surface area contributed by atoms with Crippen LogP contribution in [0.4, 0.5) is 0 Å². The summed E-state index contributed by atoms with van der Waals surface area (Å²) in [5, 5.41) is 9.74. The standard InChI is InChI=1S/C21H23N3O4/c1-5-6-12-9-17-19(21(25)24(12)2)18(15(11-22)20(23)28-17)14-8-7-13(26-3)10-16(14)27-4/h7-10,18H,5-6,23H2,1-4H3. The van der Waals surface area contributed by atoms with E-state index >= 15 is 0 Å². The maximum absolute atomic E-state index is 13.2. The largest absolute Gasteiger partial charge is 0.497 e. The van der Waals surface area contributed by atoms with Gasteiger partial charge in [-0.2, -0.15) is 5.26 Å². The minimum absolute atomic E-state index is 0.00595. The topological polar surface area (TPSA) is 99.5 Å². The third-order valence-corrected chi connectivity index (χ3v) is 4.97. The van der Waals surface area contributed by atoms with Gasteiger partial charge in [0.15, 0.2) is 0 Å². The number of ether oxygens (including phenoxy) is 3. The number of fused-ring (bicyclic) bond motifs is 1. The number of rotatable bonds is 5. The molecule has 146 valence electrons. The molecule has 1 unspecified atom stereocenters. The third-order valence-electron chi connectivity index (χ3n) is 4.97. The second kappa shape index (κ2) is 7.69. The SMILES string of the molecule is CCCc1cc2c(c(=O)n1C)C(c1ccc(OC)cc1OC)C(C#N)=C(N)O2. The fourth-order valence-electron chi connectivity index (χ4n) is 3.54. The van der Waals surface area contributed by atoms with Crippen molar-refractivity contribution < 1.29 is 14.2 Å². The molecule has 2 heterocycles. The molecule has 0 saturated heterocycles. The number of benzene rings is 1. The number of methoxy groups -OCH3 is 2. The summed E-state index contributed by atoms with van der Waals surface area (Å²) in [7, 11) is 4.81. The van der Waals surface area contributed by atoms with Gasteiger partial charge in [-0.25, -0.2) is 0 Å². The maximum atomic E-state index is 13.2. The molecule has 2 aromatic rings. The van der Waals surface area contributed by atoms with Crippen molar-refractivity contribution in [3.8, 4) is 23.3 Å². The molecule has 1 aliphatic heterocycles. The fourth-order valence-corrected chi connectivity index (χ4v) is 3.54. The molecule has 0 bridgehead atoms. The maximum Gasteiger partial charge on any atom is 0.258 e. The number of nitriles is 1. The second-order valence-corrected chi connectivity index (χ2v) is 6.56. The van der Waals surface area contributed by atoms with Crippen LogP contribution in [0, 0.1) is 11.3 Å². The Hall–Kier alpha value is -3.40. The van der Waals surface area contributed by atoms with E-state index in [2.05, 4.69) is 6.07 Å². The Bertz CT molecular complexity index is 1050. The van der Waals surface area contributed by atoms with Gasteiger partial charge in [-0.1, -0.05) is 19.4 Å². The molecule has 3 rings (SSSR count). The number of nitrogens with zero attached hydrogens (tertiary/aromatic N) is 2. The van der Waals surface area contributed by atoms with E-state index in [1.54, 1.807) is 36.9 Å². The highest BCUT2D eigenvalue weighted by atomic mass is 16.5. The van der Waals surface area contributed by atoms with Crippen LogP contribution in [0.5, 0.6) is 17.2 Å². The fraction of sp³-hybridized carbons (Fsp3) is 0.333. The van der Waals surface area contributed by atoms with Crippen LogP contribution in [0.2, 0.25) is 0 Å². The van der Waals surface area contributed by atoms with Crippen molar-refractivity contribution >= 4 is 0 Å². The van der Waals surface area contributed by atoms with Crippen LogP contribution in [0.1, 0.15) is 36.1 Å². The van der Waals surface area contributed by atoms with E-state index in [-0.39, 0.29) is 17.0 Å². The molecule has 1 aromatic heterocycles. The molecular weight excluding hydrogens is 358 g/mol. The Morgan fingerprint density at radius 2 is 2.04 bits per heavy atom. The first kappa shape index (κ1) is 19.4. The molecule has 7 heteroatoms. The zero-order valence-corrected chi connectivity index (χ0v) is 16.4. The van der Waals surface area contributed by atoms with Crippen molar-refractivity contribution in [3.63, 3.8) is 0 Å². The summed E-state index contributed by atoms with van der Waals surface area (Å²) < 4.78 is 18.1. The lowest BCUT2D eigenvalue weighted by Crippen LogP contribution is -2.32. The number of nitrogens with two attached hydrogens (primary N) is 1. The average Bonchev–Trinajstić information content (AvgIpc) is 2.70. The van der Waals surface area contributed by atoms with Crippen LogP contribution >= 0.6 is 0 Å². The Labute approximate surface area is 163 Å². The van der Waals surface area contributed by atoms with Crippen molar-refractivity contribution in [2.24, 2.45) is 12.8 Å². The lowest BCUT2D eigenvalue weighted by molar-refractivity contribution is 0.378. The van der Waals surface area contributed by atoms with E-state index < -0.39 is 5.92 Å². The number of pyridine rings is 1. The van der Waals surface area contributed by atoms with Crippen molar-refractivity contribution in [3.05, 3.63) is 62.9 Å². The molecule has 1 atom stereocenters. The summed E-state index contributed by atoms with van der Waals surface area (Å²) in [6.07, 6.45) is 1.62. The summed E-state index contributed by atoms with van der Waals surface area (Å²) >= 11 is 0. The quantitative estimate of drug-likeness (QED) is 0.854. The highest BCUT2D eigenvalue weighted by Gasteiger charge is 2.36. The summed E-state index contributed by atoms with van der Waals surface area (Å²) in [6.45, 7) is 2.04. The molecule has 0 spiro atoms. The van der Waals surface area contributed by atoms with Crippen molar-refractivity contribution in [1.29, 1.82) is 5.26 Å². The summed E-state index contributed by atoms with van der Waals surface area (Å²) in [4.78, 5) is 13.2. The van der Waals surface area contributed by atoms with Gasteiger partial charge in [-0.3, -0.25) is 4.79 Å². The first-order valence-electron chi connectivity index (χ1n) is 8.99. The van der Waals surface area contributed by atoms with Crippen molar-refractivity contribution in [2.45, 2.75) is 25.7 Å².